The van der Waals surface area contributed by atoms with Gasteiger partial charge in [0.15, 0.2) is 0 Å². The molecule has 1 aromatic carbocycles. The summed E-state index contributed by atoms with van der Waals surface area (Å²) in [5.74, 6) is 0. The highest BCUT2D eigenvalue weighted by molar-refractivity contribution is 7.10. The lowest BCUT2D eigenvalue weighted by Crippen LogP contribution is -2.38. The molecule has 0 aliphatic carbocycles. The van der Waals surface area contributed by atoms with Gasteiger partial charge < -0.3 is 9.64 Å². The van der Waals surface area contributed by atoms with Gasteiger partial charge in [-0.2, -0.15) is 0 Å². The van der Waals surface area contributed by atoms with Gasteiger partial charge in [0.2, 0.25) is 0 Å². The van der Waals surface area contributed by atoms with E-state index in [9.17, 15) is 10.1 Å². The van der Waals surface area contributed by atoms with Crippen molar-refractivity contribution < 1.29 is 9.66 Å². The number of nitro benzene ring substituents is 1. The largest absolute Gasteiger partial charge is 0.369 e. The van der Waals surface area contributed by atoms with Crippen LogP contribution in [0.5, 0.6) is 0 Å². The Labute approximate surface area is 130 Å². The number of ether oxygens (including phenoxy) is 1. The first-order chi connectivity index (χ1) is 10.1. The van der Waals surface area contributed by atoms with Crippen LogP contribution in [0.1, 0.15) is 11.0 Å². The molecular weight excluding hydrogens is 312 g/mol. The number of nitrogens with zero attached hydrogens (tertiary/aromatic N) is 2. The Kier molecular flexibility index (Phi) is 4.10. The molecule has 1 saturated heterocycles. The van der Waals surface area contributed by atoms with Crippen LogP contribution in [-0.2, 0) is 4.74 Å². The van der Waals surface area contributed by atoms with E-state index in [0.29, 0.717) is 18.2 Å². The maximum Gasteiger partial charge on any atom is 0.271 e. The van der Waals surface area contributed by atoms with Crippen molar-refractivity contribution in [1.29, 1.82) is 0 Å². The third kappa shape index (κ3) is 3.02. The minimum Gasteiger partial charge on any atom is -0.369 e. The van der Waals surface area contributed by atoms with E-state index in [1.807, 2.05) is 11.4 Å². The highest BCUT2D eigenvalue weighted by Crippen LogP contribution is 2.34. The molecule has 3 rings (SSSR count). The van der Waals surface area contributed by atoms with Crippen molar-refractivity contribution in [2.45, 2.75) is 6.10 Å². The molecule has 0 saturated carbocycles. The Balaban J connectivity index is 1.82. The molecule has 1 aliphatic rings. The zero-order valence-corrected chi connectivity index (χ0v) is 12.6. The Morgan fingerprint density at radius 3 is 2.95 bits per heavy atom. The van der Waals surface area contributed by atoms with Crippen molar-refractivity contribution >= 4 is 34.3 Å². The molecule has 0 radical (unpaired) electrons. The van der Waals surface area contributed by atoms with Gasteiger partial charge in [0.25, 0.3) is 5.69 Å². The molecule has 1 unspecified atom stereocenters. The number of morpholine rings is 1. The molecule has 1 fully saturated rings. The van der Waals surface area contributed by atoms with Gasteiger partial charge in [0, 0.05) is 30.1 Å². The summed E-state index contributed by atoms with van der Waals surface area (Å²) >= 11 is 7.86. The van der Waals surface area contributed by atoms with Crippen LogP contribution in [0.3, 0.4) is 0 Å². The molecule has 0 amide bonds. The summed E-state index contributed by atoms with van der Waals surface area (Å²) < 4.78 is 5.79. The number of hydrogen-bond acceptors (Lipinski definition) is 5. The summed E-state index contributed by atoms with van der Waals surface area (Å²) in [5, 5.41) is 13.2. The van der Waals surface area contributed by atoms with Gasteiger partial charge in [0.05, 0.1) is 22.2 Å². The number of rotatable bonds is 3. The van der Waals surface area contributed by atoms with Gasteiger partial charge in [-0.1, -0.05) is 17.7 Å². The molecule has 1 aliphatic heterocycles. The van der Waals surface area contributed by atoms with Crippen LogP contribution >= 0.6 is 22.9 Å². The third-order valence-corrected chi connectivity index (χ3v) is 4.68. The highest BCUT2D eigenvalue weighted by Gasteiger charge is 2.24. The van der Waals surface area contributed by atoms with Crippen molar-refractivity contribution in [2.24, 2.45) is 0 Å². The van der Waals surface area contributed by atoms with E-state index in [4.69, 9.17) is 16.3 Å². The number of thiophene rings is 1. The van der Waals surface area contributed by atoms with Gasteiger partial charge in [-0.05, 0) is 17.5 Å². The average molecular weight is 325 g/mol. The molecule has 7 heteroatoms. The van der Waals surface area contributed by atoms with E-state index in [1.54, 1.807) is 17.4 Å². The number of non-ortho nitro benzene ring substituents is 1. The number of nitro groups is 1. The number of halogens is 1. The van der Waals surface area contributed by atoms with E-state index in [-0.39, 0.29) is 11.8 Å². The van der Waals surface area contributed by atoms with Gasteiger partial charge in [0.1, 0.15) is 6.10 Å². The maximum atomic E-state index is 10.8. The minimum absolute atomic E-state index is 0.00631. The third-order valence-electron chi connectivity index (χ3n) is 3.41. The Morgan fingerprint density at radius 1 is 1.43 bits per heavy atom. The quantitative estimate of drug-likeness (QED) is 0.635. The topological polar surface area (TPSA) is 55.6 Å². The second-order valence-electron chi connectivity index (χ2n) is 4.71. The number of anilines is 1. The van der Waals surface area contributed by atoms with Gasteiger partial charge >= 0.3 is 0 Å². The molecule has 21 heavy (non-hydrogen) atoms. The Hall–Kier alpha value is -1.63. The van der Waals surface area contributed by atoms with E-state index in [1.165, 1.54) is 17.0 Å². The van der Waals surface area contributed by atoms with Crippen molar-refractivity contribution in [3.05, 3.63) is 55.7 Å². The average Bonchev–Trinajstić information content (AvgIpc) is 3.01. The van der Waals surface area contributed by atoms with Crippen LogP contribution in [0.2, 0.25) is 5.02 Å². The summed E-state index contributed by atoms with van der Waals surface area (Å²) in [6.45, 7) is 2.02. The molecule has 2 heterocycles. The zero-order chi connectivity index (χ0) is 14.8. The minimum atomic E-state index is -0.441. The van der Waals surface area contributed by atoms with Crippen LogP contribution in [0.15, 0.2) is 35.7 Å². The van der Waals surface area contributed by atoms with Gasteiger partial charge in [-0.25, -0.2) is 0 Å². The zero-order valence-electron chi connectivity index (χ0n) is 11.1. The first kappa shape index (κ1) is 14.3. The lowest BCUT2D eigenvalue weighted by atomic mass is 10.2. The van der Waals surface area contributed by atoms with E-state index < -0.39 is 4.92 Å². The second kappa shape index (κ2) is 6.01. The lowest BCUT2D eigenvalue weighted by molar-refractivity contribution is -0.384. The fourth-order valence-corrected chi connectivity index (χ4v) is 3.44. The molecular formula is C14H13ClN2O3S. The Bertz CT molecular complexity index is 648. The maximum absolute atomic E-state index is 10.8. The number of benzene rings is 1. The fourth-order valence-electron chi connectivity index (χ4n) is 2.38. The summed E-state index contributed by atoms with van der Waals surface area (Å²) in [6, 6.07) is 8.64. The monoisotopic (exact) mass is 324 g/mol. The summed E-state index contributed by atoms with van der Waals surface area (Å²) in [7, 11) is 0. The smallest absolute Gasteiger partial charge is 0.271 e. The fraction of sp³-hybridized carbons (Fsp3) is 0.286. The van der Waals surface area contributed by atoms with Gasteiger partial charge in [-0.3, -0.25) is 10.1 Å². The summed E-state index contributed by atoms with van der Waals surface area (Å²) in [4.78, 5) is 13.6. The highest BCUT2D eigenvalue weighted by atomic mass is 35.5. The van der Waals surface area contributed by atoms with Crippen molar-refractivity contribution in [3.8, 4) is 0 Å². The first-order valence-corrected chi connectivity index (χ1v) is 7.75. The molecule has 1 aromatic heterocycles. The molecule has 2 aromatic rings. The number of hydrogen-bond donors (Lipinski definition) is 0. The lowest BCUT2D eigenvalue weighted by Gasteiger charge is -2.34. The molecule has 1 atom stereocenters. The normalized spacial score (nSPS) is 18.7. The second-order valence-corrected chi connectivity index (χ2v) is 6.10. The first-order valence-electron chi connectivity index (χ1n) is 6.49. The Morgan fingerprint density at radius 2 is 2.29 bits per heavy atom. The molecule has 0 N–H and O–H groups in total. The van der Waals surface area contributed by atoms with Crippen molar-refractivity contribution in [1.82, 2.24) is 0 Å². The van der Waals surface area contributed by atoms with E-state index in [0.717, 1.165) is 12.2 Å². The SMILES string of the molecule is O=[N+]([O-])c1ccc(N2CCOC(c3cccs3)C2)c(Cl)c1. The molecule has 0 bridgehead atoms. The summed E-state index contributed by atoms with van der Waals surface area (Å²) in [6.07, 6.45) is 0.0185. The molecule has 5 nitrogen and oxygen atoms in total. The standard InChI is InChI=1S/C14H13ClN2O3S/c15-11-8-10(17(18)19)3-4-12(11)16-5-6-20-13(9-16)14-2-1-7-21-14/h1-4,7-8,13H,5-6,9H2. The van der Waals surface area contributed by atoms with Crippen LogP contribution < -0.4 is 4.90 Å². The predicted octanol–water partition coefficient (Wildman–Crippen LogP) is 3.89. The van der Waals surface area contributed by atoms with E-state index >= 15 is 0 Å². The van der Waals surface area contributed by atoms with Crippen LogP contribution in [0.4, 0.5) is 11.4 Å². The molecule has 0 spiro atoms. The van der Waals surface area contributed by atoms with Gasteiger partial charge in [-0.15, -0.1) is 11.3 Å². The van der Waals surface area contributed by atoms with Crippen LogP contribution in [-0.4, -0.2) is 24.6 Å². The van der Waals surface area contributed by atoms with Crippen LogP contribution in [0.25, 0.3) is 0 Å². The predicted molar refractivity (Wildman–Crippen MR) is 83.3 cm³/mol. The van der Waals surface area contributed by atoms with Crippen molar-refractivity contribution in [3.63, 3.8) is 0 Å². The summed E-state index contributed by atoms with van der Waals surface area (Å²) in [5.41, 5.74) is 0.818. The molecule has 110 valence electrons. The van der Waals surface area contributed by atoms with Crippen LogP contribution in [0, 0.1) is 10.1 Å². The van der Waals surface area contributed by atoms with E-state index in [2.05, 4.69) is 11.0 Å². The van der Waals surface area contributed by atoms with Crippen molar-refractivity contribution in [2.75, 3.05) is 24.6 Å².